The van der Waals surface area contributed by atoms with Crippen molar-refractivity contribution in [3.8, 4) is 0 Å². The number of rotatable bonds is 3. The monoisotopic (exact) mass is 395 g/mol. The van der Waals surface area contributed by atoms with Gasteiger partial charge in [0, 0.05) is 41.2 Å². The number of ketones is 2. The van der Waals surface area contributed by atoms with Gasteiger partial charge >= 0.3 is 0 Å². The Labute approximate surface area is 174 Å². The minimum atomic E-state index is -0.272. The predicted molar refractivity (Wildman–Crippen MR) is 116 cm³/mol. The molecule has 5 heteroatoms. The van der Waals surface area contributed by atoms with Crippen molar-refractivity contribution >= 4 is 22.9 Å². The van der Waals surface area contributed by atoms with Crippen LogP contribution in [0.25, 0.3) is 0 Å². The molecule has 2 aromatic carbocycles. The third-order valence-electron chi connectivity index (χ3n) is 5.67. The summed E-state index contributed by atoms with van der Waals surface area (Å²) in [6, 6.07) is 18.4. The number of anilines is 2. The standard InChI is InChI=1S/C25H21N3O2/c29-22-10-4-9-20-23(22)24(18-8-5-13-26-15-18)28-19-12-11-17(14-21(19)27-20)25(30)16-6-2-1-3-7-16/h1-3,5-8,11-15,24,27-28H,4,9-10H2/t24-/m1/s1. The third kappa shape index (κ3) is 3.28. The summed E-state index contributed by atoms with van der Waals surface area (Å²) >= 11 is 0. The molecule has 0 bridgehead atoms. The molecule has 0 radical (unpaired) electrons. The molecule has 3 aromatic rings. The van der Waals surface area contributed by atoms with Crippen LogP contribution in [0.15, 0.2) is 84.3 Å². The molecule has 0 spiro atoms. The molecular weight excluding hydrogens is 374 g/mol. The van der Waals surface area contributed by atoms with Crippen LogP contribution < -0.4 is 10.6 Å². The van der Waals surface area contributed by atoms with Gasteiger partial charge in [-0.25, -0.2) is 0 Å². The van der Waals surface area contributed by atoms with Gasteiger partial charge in [0.2, 0.25) is 0 Å². The van der Waals surface area contributed by atoms with E-state index in [0.717, 1.165) is 41.1 Å². The summed E-state index contributed by atoms with van der Waals surface area (Å²) in [4.78, 5) is 30.0. The van der Waals surface area contributed by atoms with Gasteiger partial charge in [0.05, 0.1) is 17.4 Å². The van der Waals surface area contributed by atoms with E-state index in [2.05, 4.69) is 15.6 Å². The lowest BCUT2D eigenvalue weighted by Crippen LogP contribution is -2.23. The Bertz CT molecular complexity index is 1150. The van der Waals surface area contributed by atoms with Gasteiger partial charge in [0.1, 0.15) is 0 Å². The molecular formula is C25H21N3O2. The summed E-state index contributed by atoms with van der Waals surface area (Å²) in [6.07, 6.45) is 5.69. The number of fused-ring (bicyclic) bond motifs is 1. The molecule has 148 valence electrons. The summed E-state index contributed by atoms with van der Waals surface area (Å²) in [6.45, 7) is 0. The molecule has 30 heavy (non-hydrogen) atoms. The van der Waals surface area contributed by atoms with Gasteiger partial charge in [0.15, 0.2) is 11.6 Å². The minimum Gasteiger partial charge on any atom is -0.372 e. The summed E-state index contributed by atoms with van der Waals surface area (Å²) in [5, 5.41) is 6.98. The fraction of sp³-hybridized carbons (Fsp3) is 0.160. The van der Waals surface area contributed by atoms with E-state index < -0.39 is 0 Å². The number of hydrogen-bond acceptors (Lipinski definition) is 5. The number of aromatic nitrogens is 1. The van der Waals surface area contributed by atoms with Crippen LogP contribution in [0.2, 0.25) is 0 Å². The predicted octanol–water partition coefficient (Wildman–Crippen LogP) is 4.90. The summed E-state index contributed by atoms with van der Waals surface area (Å²) in [7, 11) is 0. The molecule has 5 rings (SSSR count). The number of Topliss-reactive ketones (excluding diaryl/α,β-unsaturated/α-hetero) is 1. The zero-order valence-electron chi connectivity index (χ0n) is 16.4. The van der Waals surface area contributed by atoms with Crippen molar-refractivity contribution in [2.75, 3.05) is 10.6 Å². The van der Waals surface area contributed by atoms with E-state index in [1.807, 2.05) is 60.7 Å². The van der Waals surface area contributed by atoms with Gasteiger partial charge in [-0.1, -0.05) is 36.4 Å². The van der Waals surface area contributed by atoms with Gasteiger partial charge in [-0.05, 0) is 42.7 Å². The number of carbonyl (C=O) groups is 2. The average Bonchev–Trinajstić information content (AvgIpc) is 2.96. The highest BCUT2D eigenvalue weighted by atomic mass is 16.1. The third-order valence-corrected chi connectivity index (χ3v) is 5.67. The molecule has 2 aliphatic rings. The maximum Gasteiger partial charge on any atom is 0.193 e. The molecule has 2 N–H and O–H groups in total. The van der Waals surface area contributed by atoms with Gasteiger partial charge in [0.25, 0.3) is 0 Å². The SMILES string of the molecule is O=C1CCCC2=C1[C@@H](c1cccnc1)Nc1ccc(C(=O)c3ccccc3)cc1N2. The Hall–Kier alpha value is -3.73. The molecule has 0 saturated heterocycles. The second-order valence-electron chi connectivity index (χ2n) is 7.61. The number of nitrogens with zero attached hydrogens (tertiary/aromatic N) is 1. The first-order valence-electron chi connectivity index (χ1n) is 10.1. The average molecular weight is 395 g/mol. The normalized spacial score (nSPS) is 17.9. The van der Waals surface area contributed by atoms with Crippen LogP contribution in [-0.2, 0) is 4.79 Å². The topological polar surface area (TPSA) is 71.1 Å². The molecule has 5 nitrogen and oxygen atoms in total. The van der Waals surface area contributed by atoms with E-state index in [4.69, 9.17) is 0 Å². The van der Waals surface area contributed by atoms with E-state index in [-0.39, 0.29) is 17.6 Å². The van der Waals surface area contributed by atoms with Crippen LogP contribution in [0, 0.1) is 0 Å². The van der Waals surface area contributed by atoms with Gasteiger partial charge in [-0.3, -0.25) is 14.6 Å². The van der Waals surface area contributed by atoms with Crippen molar-refractivity contribution in [3.63, 3.8) is 0 Å². The summed E-state index contributed by atoms with van der Waals surface area (Å²) < 4.78 is 0. The minimum absolute atomic E-state index is 0.0258. The van der Waals surface area contributed by atoms with Crippen LogP contribution in [0.1, 0.15) is 46.8 Å². The molecule has 2 heterocycles. The Morgan fingerprint density at radius 3 is 2.60 bits per heavy atom. The number of allylic oxidation sites excluding steroid dienone is 1. The van der Waals surface area contributed by atoms with Gasteiger partial charge in [-0.2, -0.15) is 0 Å². The lowest BCUT2D eigenvalue weighted by molar-refractivity contribution is -0.116. The van der Waals surface area contributed by atoms with Crippen LogP contribution >= 0.6 is 0 Å². The van der Waals surface area contributed by atoms with E-state index in [9.17, 15) is 9.59 Å². The lowest BCUT2D eigenvalue weighted by Gasteiger charge is -2.25. The summed E-state index contributed by atoms with van der Waals surface area (Å²) in [5.74, 6) is 0.126. The van der Waals surface area contributed by atoms with E-state index in [0.29, 0.717) is 17.5 Å². The van der Waals surface area contributed by atoms with Gasteiger partial charge in [-0.15, -0.1) is 0 Å². The van der Waals surface area contributed by atoms with Crippen molar-refractivity contribution < 1.29 is 9.59 Å². The fourth-order valence-corrected chi connectivity index (χ4v) is 4.19. The van der Waals surface area contributed by atoms with Crippen LogP contribution in [-0.4, -0.2) is 16.6 Å². The molecule has 1 atom stereocenters. The fourth-order valence-electron chi connectivity index (χ4n) is 4.19. The van der Waals surface area contributed by atoms with Crippen LogP contribution in [0.4, 0.5) is 11.4 Å². The highest BCUT2D eigenvalue weighted by molar-refractivity contribution is 6.10. The largest absolute Gasteiger partial charge is 0.372 e. The molecule has 0 amide bonds. The number of hydrogen-bond donors (Lipinski definition) is 2. The summed E-state index contributed by atoms with van der Waals surface area (Å²) in [5.41, 5.74) is 5.57. The quantitative estimate of drug-likeness (QED) is 0.618. The van der Waals surface area contributed by atoms with Crippen LogP contribution in [0.5, 0.6) is 0 Å². The maximum atomic E-state index is 12.9. The maximum absolute atomic E-state index is 12.9. The Kier molecular flexibility index (Phi) is 4.64. The zero-order valence-corrected chi connectivity index (χ0v) is 16.4. The smallest absolute Gasteiger partial charge is 0.193 e. The Morgan fingerprint density at radius 1 is 0.933 bits per heavy atom. The molecule has 0 unspecified atom stereocenters. The zero-order chi connectivity index (χ0) is 20.5. The van der Waals surface area contributed by atoms with Crippen molar-refractivity contribution in [1.29, 1.82) is 0 Å². The first-order valence-corrected chi connectivity index (χ1v) is 10.1. The van der Waals surface area contributed by atoms with Crippen LogP contribution in [0.3, 0.4) is 0 Å². The molecule has 0 saturated carbocycles. The Morgan fingerprint density at radius 2 is 1.80 bits per heavy atom. The second-order valence-corrected chi connectivity index (χ2v) is 7.61. The molecule has 1 aliphatic heterocycles. The van der Waals surface area contributed by atoms with E-state index >= 15 is 0 Å². The van der Waals surface area contributed by atoms with Crippen molar-refractivity contribution in [3.05, 3.63) is 101 Å². The van der Waals surface area contributed by atoms with Crippen molar-refractivity contribution in [1.82, 2.24) is 4.98 Å². The number of benzene rings is 2. The second kappa shape index (κ2) is 7.59. The highest BCUT2D eigenvalue weighted by Crippen LogP contribution is 2.40. The van der Waals surface area contributed by atoms with Gasteiger partial charge < -0.3 is 10.6 Å². The van der Waals surface area contributed by atoms with Crippen molar-refractivity contribution in [2.45, 2.75) is 25.3 Å². The highest BCUT2D eigenvalue weighted by Gasteiger charge is 2.32. The van der Waals surface area contributed by atoms with E-state index in [1.54, 1.807) is 12.4 Å². The molecule has 1 aliphatic carbocycles. The number of nitrogens with one attached hydrogen (secondary N) is 2. The van der Waals surface area contributed by atoms with Crippen molar-refractivity contribution in [2.24, 2.45) is 0 Å². The first-order chi connectivity index (χ1) is 14.7. The molecule has 0 fully saturated rings. The first kappa shape index (κ1) is 18.3. The van der Waals surface area contributed by atoms with E-state index in [1.165, 1.54) is 0 Å². The Balaban J connectivity index is 1.58. The number of pyridine rings is 1. The lowest BCUT2D eigenvalue weighted by atomic mass is 9.87. The molecule has 1 aromatic heterocycles. The number of carbonyl (C=O) groups excluding carboxylic acids is 2.